The number of ketones is 2. The van der Waals surface area contributed by atoms with Crippen molar-refractivity contribution in [3.05, 3.63) is 23.5 Å². The zero-order valence-corrected chi connectivity index (χ0v) is 32.8. The second kappa shape index (κ2) is 9.61. The Bertz CT molecular complexity index is 1270. The van der Waals surface area contributed by atoms with Gasteiger partial charge in [-0.3, -0.25) is 0 Å². The molecule has 0 aliphatic heterocycles. The molecule has 4 nitrogen and oxygen atoms in total. The van der Waals surface area contributed by atoms with Gasteiger partial charge in [0, 0.05) is 0 Å². The van der Waals surface area contributed by atoms with Gasteiger partial charge in [-0.05, 0) is 0 Å². The molecule has 6 aliphatic rings. The number of Topliss-reactive ketones (excluding diaryl/α,β-unsaturated/α-hetero) is 1. The SMILES string of the molecule is CC1(C)CCC2(C[I-]C(=O)C3CC3)CCC3C4(C)CCC5C(C)(I)C(=O)C(O)=CC5(C)C4=CC(=O)C3(I)C2(I)C1. The molecular weight excluding hydrogens is 956 g/mol. The van der Waals surface area contributed by atoms with Crippen LogP contribution >= 0.6 is 67.8 Å². The Hall–Kier alpha value is 1.21. The van der Waals surface area contributed by atoms with E-state index < -0.39 is 33.5 Å². The Labute approximate surface area is 290 Å². The Morgan fingerprint density at radius 1 is 0.950 bits per heavy atom. The summed E-state index contributed by atoms with van der Waals surface area (Å²) in [5, 5.41) is 10.8. The second-order valence-corrected chi connectivity index (χ2v) is 23.6. The van der Waals surface area contributed by atoms with Crippen LogP contribution in [-0.4, -0.2) is 35.2 Å². The van der Waals surface area contributed by atoms with E-state index in [1.54, 1.807) is 6.08 Å². The van der Waals surface area contributed by atoms with Gasteiger partial charge in [0.1, 0.15) is 0 Å². The molecule has 0 amide bonds. The number of aliphatic hydroxyl groups is 1. The molecule has 4 fully saturated rings. The standard InChI is InChI=1S/C32H41I4O4/c1-26(2)12-13-30(17-36-25(40)18-6-7-18)11-9-21-27(3)10-8-20-28(4,15-19(37)24(39)29(20,5)33)22(27)14-23(38)32(21,35)31(30,34)16-26/h14-15,18,20-21,37H,6-13,16-17H2,1-5H3/q-1. The van der Waals surface area contributed by atoms with Gasteiger partial charge in [-0.1, -0.05) is 0 Å². The summed E-state index contributed by atoms with van der Waals surface area (Å²) in [4.78, 5) is 40.9. The first-order valence-corrected chi connectivity index (χ1v) is 20.7. The average molecular weight is 997 g/mol. The number of allylic oxidation sites excluding steroid dienone is 4. The molecule has 40 heavy (non-hydrogen) atoms. The molecule has 8 atom stereocenters. The summed E-state index contributed by atoms with van der Waals surface area (Å²) >= 11 is 7.11. The van der Waals surface area contributed by atoms with Crippen molar-refractivity contribution in [2.45, 2.75) is 103 Å². The number of alkyl halides is 4. The van der Waals surface area contributed by atoms with E-state index in [1.807, 2.05) is 13.0 Å². The third kappa shape index (κ3) is 4.10. The van der Waals surface area contributed by atoms with Gasteiger partial charge < -0.3 is 0 Å². The first kappa shape index (κ1) is 31.2. The number of carbonyl (C=O) groups is 3. The zero-order valence-electron chi connectivity index (χ0n) is 24.1. The van der Waals surface area contributed by atoms with Crippen molar-refractivity contribution in [2.75, 3.05) is 4.43 Å². The Balaban J connectivity index is 1.48. The molecule has 222 valence electrons. The van der Waals surface area contributed by atoms with Crippen LogP contribution in [0.3, 0.4) is 0 Å². The fourth-order valence-corrected chi connectivity index (χ4v) is 19.8. The summed E-state index contributed by atoms with van der Waals surface area (Å²) in [6.07, 6.45) is 13.2. The summed E-state index contributed by atoms with van der Waals surface area (Å²) in [6.45, 7) is 11.3. The third-order valence-electron chi connectivity index (χ3n) is 12.2. The molecule has 8 heteroatoms. The topological polar surface area (TPSA) is 71.4 Å². The molecule has 0 bridgehead atoms. The van der Waals surface area contributed by atoms with Gasteiger partial charge in [-0.25, -0.2) is 0 Å². The van der Waals surface area contributed by atoms with Gasteiger partial charge in [0.25, 0.3) is 0 Å². The number of halogens is 4. The van der Waals surface area contributed by atoms with Gasteiger partial charge in [0.2, 0.25) is 0 Å². The predicted molar refractivity (Wildman–Crippen MR) is 179 cm³/mol. The number of hydrogen-bond donors (Lipinski definition) is 1. The van der Waals surface area contributed by atoms with Crippen molar-refractivity contribution in [1.82, 2.24) is 0 Å². The quantitative estimate of drug-likeness (QED) is 0.242. The van der Waals surface area contributed by atoms with Gasteiger partial charge >= 0.3 is 294 Å². The minimum atomic E-state index is -0.702. The van der Waals surface area contributed by atoms with Crippen molar-refractivity contribution < 1.29 is 40.7 Å². The van der Waals surface area contributed by atoms with Crippen LogP contribution in [0.4, 0.5) is 0 Å². The maximum atomic E-state index is 14.8. The van der Waals surface area contributed by atoms with E-state index in [2.05, 4.69) is 95.5 Å². The monoisotopic (exact) mass is 997 g/mol. The number of hydrogen-bond acceptors (Lipinski definition) is 4. The molecule has 6 aliphatic carbocycles. The molecule has 0 aromatic carbocycles. The zero-order chi connectivity index (χ0) is 29.3. The normalized spacial score (nSPS) is 49.7. The van der Waals surface area contributed by atoms with Crippen molar-refractivity contribution in [3.63, 3.8) is 0 Å². The Kier molecular flexibility index (Phi) is 7.50. The van der Waals surface area contributed by atoms with Crippen LogP contribution in [-0.2, 0) is 14.4 Å². The summed E-state index contributed by atoms with van der Waals surface area (Å²) < 4.78 is 0.109. The third-order valence-corrected chi connectivity index (χ3v) is 22.5. The van der Waals surface area contributed by atoms with Crippen molar-refractivity contribution in [2.24, 2.45) is 39.4 Å². The molecule has 6 rings (SSSR count). The van der Waals surface area contributed by atoms with Gasteiger partial charge in [0.15, 0.2) is 0 Å². The van der Waals surface area contributed by atoms with Crippen LogP contribution in [0.15, 0.2) is 23.5 Å². The van der Waals surface area contributed by atoms with Crippen LogP contribution in [0.2, 0.25) is 0 Å². The van der Waals surface area contributed by atoms with E-state index in [4.69, 9.17) is 0 Å². The van der Waals surface area contributed by atoms with Crippen LogP contribution in [0, 0.1) is 39.4 Å². The van der Waals surface area contributed by atoms with E-state index >= 15 is 0 Å². The molecule has 0 saturated heterocycles. The molecule has 4 saturated carbocycles. The van der Waals surface area contributed by atoms with Crippen LogP contribution in [0.5, 0.6) is 0 Å². The number of fused-ring (bicyclic) bond motifs is 7. The summed E-state index contributed by atoms with van der Waals surface area (Å²) in [7, 11) is 0. The first-order valence-electron chi connectivity index (χ1n) is 14.8. The van der Waals surface area contributed by atoms with E-state index in [9.17, 15) is 19.5 Å². The van der Waals surface area contributed by atoms with Crippen LogP contribution in [0.1, 0.15) is 92.4 Å². The summed E-state index contributed by atoms with van der Waals surface area (Å²) in [5.41, 5.74) is 0.608. The minimum absolute atomic E-state index is 0.0350. The molecule has 0 aromatic heterocycles. The number of aliphatic hydroxyl groups excluding tert-OH is 1. The number of rotatable bonds is 4. The molecule has 0 heterocycles. The van der Waals surface area contributed by atoms with E-state index in [1.165, 1.54) is 0 Å². The van der Waals surface area contributed by atoms with Crippen molar-refractivity contribution in [1.29, 1.82) is 0 Å². The molecule has 0 aromatic rings. The van der Waals surface area contributed by atoms with Crippen molar-refractivity contribution in [3.8, 4) is 0 Å². The molecular formula is C32H41I4O4-. The first-order chi connectivity index (χ1) is 18.4. The fourth-order valence-electron chi connectivity index (χ4n) is 9.79. The average Bonchev–Trinajstić information content (AvgIpc) is 3.69. The van der Waals surface area contributed by atoms with E-state index in [0.717, 1.165) is 67.8 Å². The van der Waals surface area contributed by atoms with E-state index in [-0.39, 0.29) is 48.8 Å². The Morgan fingerprint density at radius 2 is 1.60 bits per heavy atom. The van der Waals surface area contributed by atoms with Gasteiger partial charge in [-0.2, -0.15) is 0 Å². The van der Waals surface area contributed by atoms with Gasteiger partial charge in [0.05, 0.1) is 0 Å². The molecule has 8 unspecified atom stereocenters. The van der Waals surface area contributed by atoms with Crippen LogP contribution < -0.4 is 21.2 Å². The molecule has 1 N–H and O–H groups in total. The van der Waals surface area contributed by atoms with E-state index in [0.29, 0.717) is 9.71 Å². The van der Waals surface area contributed by atoms with Crippen molar-refractivity contribution >= 4 is 83.1 Å². The van der Waals surface area contributed by atoms with Gasteiger partial charge in [-0.15, -0.1) is 0 Å². The predicted octanol–water partition coefficient (Wildman–Crippen LogP) is 5.12. The molecule has 0 radical (unpaired) electrons. The number of carbonyl (C=O) groups excluding carboxylic acids is 3. The van der Waals surface area contributed by atoms with Crippen LogP contribution in [0.25, 0.3) is 0 Å². The maximum absolute atomic E-state index is 14.8. The molecule has 0 spiro atoms. The second-order valence-electron chi connectivity index (χ2n) is 15.2. The fraction of sp³-hybridized carbons (Fsp3) is 0.781. The summed E-state index contributed by atoms with van der Waals surface area (Å²) in [5.74, 6) is 0.468. The Morgan fingerprint density at radius 3 is 2.25 bits per heavy atom. The summed E-state index contributed by atoms with van der Waals surface area (Å²) in [6, 6.07) is 0.